The smallest absolute Gasteiger partial charge is 0.347 e. The van der Waals surface area contributed by atoms with Crippen LogP contribution in [0.3, 0.4) is 0 Å². The number of rotatable bonds is 5. The maximum atomic E-state index is 12.5. The van der Waals surface area contributed by atoms with E-state index in [0.29, 0.717) is 10.7 Å². The molecule has 0 bridgehead atoms. The molecule has 0 radical (unpaired) electrons. The van der Waals surface area contributed by atoms with Gasteiger partial charge in [0, 0.05) is 6.07 Å². The van der Waals surface area contributed by atoms with E-state index in [4.69, 9.17) is 33.0 Å². The number of carboxylic acids is 1. The van der Waals surface area contributed by atoms with Crippen LogP contribution in [0.15, 0.2) is 12.1 Å². The van der Waals surface area contributed by atoms with E-state index in [1.54, 1.807) is 13.8 Å². The number of thiazole rings is 1. The molecule has 1 aromatic carbocycles. The molecule has 0 fully saturated rings. The molecule has 0 spiro atoms. The lowest BCUT2D eigenvalue weighted by Gasteiger charge is -2.14. The van der Waals surface area contributed by atoms with Crippen molar-refractivity contribution in [2.75, 3.05) is 7.11 Å². The number of carbonyl (C=O) groups is 2. The number of methoxy groups -OCH3 is 1. The molecule has 128 valence electrons. The van der Waals surface area contributed by atoms with Crippen molar-refractivity contribution in [3.8, 4) is 5.75 Å². The van der Waals surface area contributed by atoms with E-state index in [-0.39, 0.29) is 26.2 Å². The number of nitrogens with zero attached hydrogens (tertiary/aromatic N) is 1. The molecular weight excluding hydrogens is 375 g/mol. The summed E-state index contributed by atoms with van der Waals surface area (Å²) in [5.41, 5.74) is 0.640. The predicted molar refractivity (Wildman–Crippen MR) is 92.7 cm³/mol. The van der Waals surface area contributed by atoms with Gasteiger partial charge in [-0.1, -0.05) is 23.2 Å². The van der Waals surface area contributed by atoms with Gasteiger partial charge in [-0.2, -0.15) is 0 Å². The average molecular weight is 389 g/mol. The Morgan fingerprint density at radius 1 is 1.33 bits per heavy atom. The highest BCUT2D eigenvalue weighted by molar-refractivity contribution is 7.13. The topological polar surface area (TPSA) is 88.5 Å². The highest BCUT2D eigenvalue weighted by Gasteiger charge is 2.21. The Labute approximate surface area is 152 Å². The van der Waals surface area contributed by atoms with Crippen LogP contribution < -0.4 is 10.1 Å². The maximum absolute atomic E-state index is 12.5. The van der Waals surface area contributed by atoms with Gasteiger partial charge >= 0.3 is 5.97 Å². The number of nitrogens with one attached hydrogen (secondary N) is 1. The van der Waals surface area contributed by atoms with Crippen LogP contribution in [0.2, 0.25) is 10.0 Å². The molecule has 1 unspecified atom stereocenters. The zero-order chi connectivity index (χ0) is 18.0. The molecule has 1 aromatic heterocycles. The van der Waals surface area contributed by atoms with E-state index in [2.05, 4.69) is 10.3 Å². The van der Waals surface area contributed by atoms with Crippen molar-refractivity contribution >= 4 is 46.4 Å². The first-order valence-corrected chi connectivity index (χ1v) is 8.36. The SMILES string of the molecule is COc1cc(Cl)c(Cl)cc1C(=O)NC(C)c1nc(C)c(C(=O)O)s1. The second-order valence-corrected chi connectivity index (χ2v) is 6.78. The molecule has 0 saturated carbocycles. The van der Waals surface area contributed by atoms with Crippen molar-refractivity contribution in [1.29, 1.82) is 0 Å². The summed E-state index contributed by atoms with van der Waals surface area (Å²) in [5, 5.41) is 12.8. The van der Waals surface area contributed by atoms with Crippen molar-refractivity contribution in [3.05, 3.63) is 43.3 Å². The maximum Gasteiger partial charge on any atom is 0.347 e. The van der Waals surface area contributed by atoms with Crippen LogP contribution in [0.25, 0.3) is 0 Å². The quantitative estimate of drug-likeness (QED) is 0.808. The molecular formula is C15H14Cl2N2O4S. The van der Waals surface area contributed by atoms with E-state index in [9.17, 15) is 9.59 Å². The van der Waals surface area contributed by atoms with E-state index < -0.39 is 17.9 Å². The number of ether oxygens (including phenoxy) is 1. The lowest BCUT2D eigenvalue weighted by Crippen LogP contribution is -2.27. The number of halogens is 2. The molecule has 0 aliphatic carbocycles. The first-order chi connectivity index (χ1) is 11.2. The highest BCUT2D eigenvalue weighted by Crippen LogP contribution is 2.31. The highest BCUT2D eigenvalue weighted by atomic mass is 35.5. The third kappa shape index (κ3) is 3.80. The first kappa shape index (κ1) is 18.5. The van der Waals surface area contributed by atoms with Gasteiger partial charge in [0.25, 0.3) is 5.91 Å². The van der Waals surface area contributed by atoms with E-state index in [1.807, 2.05) is 0 Å². The van der Waals surface area contributed by atoms with E-state index in [0.717, 1.165) is 11.3 Å². The number of amides is 1. The summed E-state index contributed by atoms with van der Waals surface area (Å²) >= 11 is 12.9. The summed E-state index contributed by atoms with van der Waals surface area (Å²) in [7, 11) is 1.42. The molecule has 2 rings (SSSR count). The van der Waals surface area contributed by atoms with Gasteiger partial charge in [-0.25, -0.2) is 9.78 Å². The predicted octanol–water partition coefficient (Wildman–Crippen LogP) is 3.96. The normalized spacial score (nSPS) is 11.9. The minimum atomic E-state index is -1.04. The third-order valence-electron chi connectivity index (χ3n) is 3.21. The molecule has 1 amide bonds. The van der Waals surface area contributed by atoms with Crippen LogP contribution in [0, 0.1) is 6.92 Å². The van der Waals surface area contributed by atoms with Crippen LogP contribution in [-0.2, 0) is 0 Å². The zero-order valence-corrected chi connectivity index (χ0v) is 15.3. The molecule has 0 aliphatic heterocycles. The van der Waals surface area contributed by atoms with E-state index >= 15 is 0 Å². The van der Waals surface area contributed by atoms with Gasteiger partial charge in [-0.3, -0.25) is 4.79 Å². The minimum Gasteiger partial charge on any atom is -0.496 e. The van der Waals surface area contributed by atoms with Crippen molar-refractivity contribution < 1.29 is 19.4 Å². The van der Waals surface area contributed by atoms with Gasteiger partial charge in [0.05, 0.1) is 34.5 Å². The van der Waals surface area contributed by atoms with Gasteiger partial charge in [-0.05, 0) is 19.9 Å². The molecule has 1 heterocycles. The van der Waals surface area contributed by atoms with Gasteiger partial charge in [0.15, 0.2) is 0 Å². The van der Waals surface area contributed by atoms with Gasteiger partial charge < -0.3 is 15.2 Å². The number of aromatic nitrogens is 1. The van der Waals surface area contributed by atoms with Gasteiger partial charge in [0.1, 0.15) is 15.6 Å². The Bertz CT molecular complexity index is 807. The summed E-state index contributed by atoms with van der Waals surface area (Å²) in [6, 6.07) is 2.40. The molecule has 9 heteroatoms. The van der Waals surface area contributed by atoms with Crippen molar-refractivity contribution in [3.63, 3.8) is 0 Å². The summed E-state index contributed by atoms with van der Waals surface area (Å²) in [5.74, 6) is -1.18. The molecule has 2 aromatic rings. The fourth-order valence-electron chi connectivity index (χ4n) is 2.01. The molecule has 24 heavy (non-hydrogen) atoms. The number of carbonyl (C=O) groups excluding carboxylic acids is 1. The summed E-state index contributed by atoms with van der Waals surface area (Å²) in [4.78, 5) is 27.9. The van der Waals surface area contributed by atoms with Crippen molar-refractivity contribution in [2.24, 2.45) is 0 Å². The van der Waals surface area contributed by atoms with Crippen LogP contribution >= 0.6 is 34.5 Å². The molecule has 6 nitrogen and oxygen atoms in total. The van der Waals surface area contributed by atoms with Gasteiger partial charge in [0.2, 0.25) is 0 Å². The third-order valence-corrected chi connectivity index (χ3v) is 5.26. The fraction of sp³-hybridized carbons (Fsp3) is 0.267. The van der Waals surface area contributed by atoms with E-state index in [1.165, 1.54) is 19.2 Å². The molecule has 0 aliphatic rings. The van der Waals surface area contributed by atoms with Crippen molar-refractivity contribution in [1.82, 2.24) is 10.3 Å². The zero-order valence-electron chi connectivity index (χ0n) is 13.0. The van der Waals surface area contributed by atoms with Crippen molar-refractivity contribution in [2.45, 2.75) is 19.9 Å². The minimum absolute atomic E-state index is 0.151. The monoisotopic (exact) mass is 388 g/mol. The number of carboxylic acid groups (broad SMARTS) is 1. The largest absolute Gasteiger partial charge is 0.496 e. The lowest BCUT2D eigenvalue weighted by atomic mass is 10.1. The average Bonchev–Trinajstić information content (AvgIpc) is 2.91. The number of aromatic carboxylic acids is 1. The summed E-state index contributed by atoms with van der Waals surface area (Å²) in [6.45, 7) is 3.33. The van der Waals surface area contributed by atoms with Crippen LogP contribution in [0.1, 0.15) is 43.7 Å². The Balaban J connectivity index is 2.25. The Morgan fingerprint density at radius 2 is 1.96 bits per heavy atom. The number of benzene rings is 1. The number of aryl methyl sites for hydroxylation is 1. The second-order valence-electron chi connectivity index (χ2n) is 4.93. The number of hydrogen-bond donors (Lipinski definition) is 2. The first-order valence-electron chi connectivity index (χ1n) is 6.79. The lowest BCUT2D eigenvalue weighted by molar-refractivity contribution is 0.0700. The summed E-state index contributed by atoms with van der Waals surface area (Å²) in [6.07, 6.45) is 0. The van der Waals surface area contributed by atoms with Gasteiger partial charge in [-0.15, -0.1) is 11.3 Å². The Morgan fingerprint density at radius 3 is 2.50 bits per heavy atom. The standard InChI is InChI=1S/C15H14Cl2N2O4S/c1-6-12(15(21)22)24-14(19-6)7(2)18-13(20)8-4-9(16)10(17)5-11(8)23-3/h4-5,7H,1-3H3,(H,18,20)(H,21,22). The molecule has 1 atom stereocenters. The Hall–Kier alpha value is -1.83. The summed E-state index contributed by atoms with van der Waals surface area (Å²) < 4.78 is 5.15. The molecule has 2 N–H and O–H groups in total. The van der Waals surface area contributed by atoms with Crippen LogP contribution in [0.5, 0.6) is 5.75 Å². The fourth-order valence-corrected chi connectivity index (χ4v) is 3.24. The number of hydrogen-bond acceptors (Lipinski definition) is 5. The van der Waals surface area contributed by atoms with Crippen LogP contribution in [-0.4, -0.2) is 29.1 Å². The molecule has 0 saturated heterocycles. The Kier molecular flexibility index (Phi) is 5.69. The second kappa shape index (κ2) is 7.38. The van der Waals surface area contributed by atoms with Crippen LogP contribution in [0.4, 0.5) is 0 Å².